The zero-order valence-electron chi connectivity index (χ0n) is 11.1. The first-order valence-corrected chi connectivity index (χ1v) is 7.49. The number of rotatable bonds is 5. The van der Waals surface area contributed by atoms with Crippen LogP contribution in [0.5, 0.6) is 0 Å². The Morgan fingerprint density at radius 3 is 3.11 bits per heavy atom. The molecule has 0 fully saturated rings. The van der Waals surface area contributed by atoms with Gasteiger partial charge >= 0.3 is 0 Å². The van der Waals surface area contributed by atoms with Crippen LogP contribution in [0.4, 0.5) is 5.69 Å². The summed E-state index contributed by atoms with van der Waals surface area (Å²) in [6.45, 7) is 0.863. The lowest BCUT2D eigenvalue weighted by Crippen LogP contribution is -2.38. The van der Waals surface area contributed by atoms with Crippen LogP contribution in [0.3, 0.4) is 0 Å². The van der Waals surface area contributed by atoms with Gasteiger partial charge in [0.15, 0.2) is 0 Å². The molecule has 0 aliphatic carbocycles. The lowest BCUT2D eigenvalue weighted by molar-refractivity contribution is -0.119. The largest absolute Gasteiger partial charge is 0.315 e. The molecule has 1 aliphatic heterocycles. The monoisotopic (exact) mass is 274 g/mol. The highest BCUT2D eigenvalue weighted by molar-refractivity contribution is 7.99. The summed E-state index contributed by atoms with van der Waals surface area (Å²) in [5, 5.41) is 3.45. The lowest BCUT2D eigenvalue weighted by Gasteiger charge is -2.32. The van der Waals surface area contributed by atoms with E-state index < -0.39 is 0 Å². The molecule has 19 heavy (non-hydrogen) atoms. The molecule has 0 aromatic heterocycles. The van der Waals surface area contributed by atoms with Crippen LogP contribution in [0.1, 0.15) is 18.0 Å². The Morgan fingerprint density at radius 2 is 2.32 bits per heavy atom. The number of para-hydroxylation sites is 1. The Balaban J connectivity index is 2.00. The highest BCUT2D eigenvalue weighted by Crippen LogP contribution is 2.33. The maximum Gasteiger partial charge on any atom is 0.228 e. The van der Waals surface area contributed by atoms with Gasteiger partial charge in [0, 0.05) is 37.5 Å². The average molecular weight is 274 g/mol. The van der Waals surface area contributed by atoms with E-state index in [1.807, 2.05) is 25.2 Å². The lowest BCUT2D eigenvalue weighted by atomic mass is 9.96. The summed E-state index contributed by atoms with van der Waals surface area (Å²) in [6, 6.07) is 8.18. The number of fused-ring (bicyclic) bond motifs is 1. The second-order valence-corrected chi connectivity index (χ2v) is 5.58. The number of amides is 1. The van der Waals surface area contributed by atoms with Gasteiger partial charge in [-0.25, -0.2) is 0 Å². The second-order valence-electron chi connectivity index (χ2n) is 4.48. The van der Waals surface area contributed by atoms with Crippen molar-refractivity contribution in [2.45, 2.75) is 12.5 Å². The van der Waals surface area contributed by atoms with Crippen LogP contribution in [-0.4, -0.2) is 31.0 Å². The van der Waals surface area contributed by atoms with E-state index in [2.05, 4.69) is 17.3 Å². The third kappa shape index (κ3) is 3.31. The molecule has 0 saturated heterocycles. The number of nitrogens with one attached hydrogen (secondary N) is 1. The van der Waals surface area contributed by atoms with E-state index in [1.54, 1.807) is 16.7 Å². The fraction of sp³-hybridized carbons (Fsp3) is 0.400. The summed E-state index contributed by atoms with van der Waals surface area (Å²) in [6.07, 6.45) is 5.73. The number of carbonyl (C=O) groups excluding carboxylic acids is 1. The number of benzene rings is 1. The molecule has 1 heterocycles. The molecule has 3 nitrogen and oxygen atoms in total. The third-order valence-corrected chi connectivity index (χ3v) is 4.11. The van der Waals surface area contributed by atoms with E-state index in [1.165, 1.54) is 5.56 Å². The Hall–Kier alpha value is -1.44. The van der Waals surface area contributed by atoms with Crippen molar-refractivity contribution in [1.82, 2.24) is 5.32 Å². The summed E-state index contributed by atoms with van der Waals surface area (Å²) >= 11 is 1.73. The third-order valence-electron chi connectivity index (χ3n) is 3.25. The Morgan fingerprint density at radius 1 is 1.53 bits per heavy atom. The molecule has 1 unspecified atom stereocenters. The highest BCUT2D eigenvalue weighted by Gasteiger charge is 2.28. The predicted molar refractivity (Wildman–Crippen MR) is 81.4 cm³/mol. The number of nitrogens with zero attached hydrogens (tertiary/aromatic N) is 1. The first-order chi connectivity index (χ1) is 9.24. The first kappa shape index (κ1) is 14.0. The minimum Gasteiger partial charge on any atom is -0.315 e. The highest BCUT2D eigenvalue weighted by atomic mass is 32.2. The molecule has 1 aromatic carbocycles. The van der Waals surface area contributed by atoms with Gasteiger partial charge in [0.25, 0.3) is 0 Å². The number of thioether (sulfide) groups is 1. The van der Waals surface area contributed by atoms with Crippen LogP contribution in [0.15, 0.2) is 24.3 Å². The fourth-order valence-corrected chi connectivity index (χ4v) is 2.79. The Labute approximate surface area is 118 Å². The van der Waals surface area contributed by atoms with Crippen molar-refractivity contribution in [3.63, 3.8) is 0 Å². The maximum atomic E-state index is 12.0. The average Bonchev–Trinajstić information content (AvgIpc) is 2.44. The number of hydrogen-bond donors (Lipinski definition) is 1. The van der Waals surface area contributed by atoms with Gasteiger partial charge in [0.05, 0.1) is 5.75 Å². The molecule has 0 radical (unpaired) electrons. The molecule has 2 rings (SSSR count). The summed E-state index contributed by atoms with van der Waals surface area (Å²) < 4.78 is 0. The van der Waals surface area contributed by atoms with Crippen molar-refractivity contribution in [3.8, 4) is 12.3 Å². The molecule has 0 bridgehead atoms. The van der Waals surface area contributed by atoms with E-state index in [-0.39, 0.29) is 11.9 Å². The van der Waals surface area contributed by atoms with Gasteiger partial charge < -0.3 is 10.2 Å². The molecular weight excluding hydrogens is 256 g/mol. The number of hydrogen-bond acceptors (Lipinski definition) is 3. The Bertz CT molecular complexity index is 495. The molecule has 1 aromatic rings. The van der Waals surface area contributed by atoms with Gasteiger partial charge in [-0.3, -0.25) is 4.79 Å². The van der Waals surface area contributed by atoms with Crippen LogP contribution in [0.2, 0.25) is 0 Å². The molecule has 4 heteroatoms. The van der Waals surface area contributed by atoms with Gasteiger partial charge in [0.1, 0.15) is 0 Å². The molecule has 0 spiro atoms. The minimum absolute atomic E-state index is 0.117. The first-order valence-electron chi connectivity index (χ1n) is 6.34. The van der Waals surface area contributed by atoms with Gasteiger partial charge in [0.2, 0.25) is 5.91 Å². The van der Waals surface area contributed by atoms with Crippen molar-refractivity contribution in [3.05, 3.63) is 29.8 Å². The molecule has 0 saturated carbocycles. The summed E-state index contributed by atoms with van der Waals surface area (Å²) in [4.78, 5) is 13.7. The number of carbonyl (C=O) groups is 1. The summed E-state index contributed by atoms with van der Waals surface area (Å²) in [5.74, 6) is 4.47. The van der Waals surface area contributed by atoms with Crippen LogP contribution < -0.4 is 10.2 Å². The normalized spacial score (nSPS) is 18.0. The molecule has 1 N–H and O–H groups in total. The van der Waals surface area contributed by atoms with Crippen molar-refractivity contribution in [1.29, 1.82) is 0 Å². The van der Waals surface area contributed by atoms with Gasteiger partial charge in [-0.05, 0) is 11.6 Å². The fourth-order valence-electron chi connectivity index (χ4n) is 2.26. The van der Waals surface area contributed by atoms with Gasteiger partial charge in [-0.15, -0.1) is 18.2 Å². The molecule has 1 aliphatic rings. The predicted octanol–water partition coefficient (Wildman–Crippen LogP) is 2.05. The summed E-state index contributed by atoms with van der Waals surface area (Å²) in [7, 11) is 1.83. The second kappa shape index (κ2) is 6.65. The zero-order valence-corrected chi connectivity index (χ0v) is 11.9. The molecule has 1 atom stereocenters. The molecular formula is C15H18N2OS. The van der Waals surface area contributed by atoms with E-state index >= 15 is 0 Å². The minimum atomic E-state index is 0.117. The van der Waals surface area contributed by atoms with Crippen molar-refractivity contribution in [2.24, 2.45) is 0 Å². The number of terminal acetylenes is 1. The number of anilines is 1. The van der Waals surface area contributed by atoms with Gasteiger partial charge in [-0.1, -0.05) is 24.1 Å². The van der Waals surface area contributed by atoms with Crippen molar-refractivity contribution >= 4 is 23.4 Å². The molecule has 1 amide bonds. The van der Waals surface area contributed by atoms with Crippen LogP contribution in [-0.2, 0) is 4.79 Å². The van der Waals surface area contributed by atoms with Crippen molar-refractivity contribution < 1.29 is 4.79 Å². The topological polar surface area (TPSA) is 32.3 Å². The van der Waals surface area contributed by atoms with E-state index in [0.29, 0.717) is 6.42 Å². The Kier molecular flexibility index (Phi) is 4.89. The van der Waals surface area contributed by atoms with Crippen LogP contribution >= 0.6 is 11.8 Å². The van der Waals surface area contributed by atoms with E-state index in [4.69, 9.17) is 6.42 Å². The standard InChI is InChI=1S/C15H18N2OS/c1-3-9-19-10-8-16-13-11-15(18)17(2)14-7-5-4-6-12(13)14/h1,4-7,13,16H,8-11H2,2H3. The van der Waals surface area contributed by atoms with Crippen LogP contribution in [0.25, 0.3) is 0 Å². The van der Waals surface area contributed by atoms with Crippen LogP contribution in [0, 0.1) is 12.3 Å². The maximum absolute atomic E-state index is 12.0. The van der Waals surface area contributed by atoms with E-state index in [9.17, 15) is 4.79 Å². The SMILES string of the molecule is C#CCSCCNC1CC(=O)N(C)c2ccccc21. The molecule has 100 valence electrons. The van der Waals surface area contributed by atoms with Gasteiger partial charge in [-0.2, -0.15) is 0 Å². The summed E-state index contributed by atoms with van der Waals surface area (Å²) in [5.41, 5.74) is 2.21. The van der Waals surface area contributed by atoms with E-state index in [0.717, 1.165) is 23.7 Å². The quantitative estimate of drug-likeness (QED) is 0.659. The van der Waals surface area contributed by atoms with Crippen molar-refractivity contribution in [2.75, 3.05) is 30.0 Å². The smallest absolute Gasteiger partial charge is 0.228 e. The zero-order chi connectivity index (χ0) is 13.7.